The highest BCUT2D eigenvalue weighted by molar-refractivity contribution is 5.16. The van der Waals surface area contributed by atoms with Crippen molar-refractivity contribution in [3.63, 3.8) is 0 Å². The van der Waals surface area contributed by atoms with Crippen LogP contribution in [0.1, 0.15) is 44.9 Å². The van der Waals surface area contributed by atoms with Gasteiger partial charge >= 0.3 is 0 Å². The van der Waals surface area contributed by atoms with Crippen LogP contribution in [0.3, 0.4) is 0 Å². The molecule has 0 amide bonds. The second-order valence-electron chi connectivity index (χ2n) is 7.31. The van der Waals surface area contributed by atoms with E-state index in [0.717, 1.165) is 19.4 Å². The molecule has 1 aliphatic heterocycles. The number of likely N-dealkylation sites (tertiary alicyclic amines) is 1. The van der Waals surface area contributed by atoms with E-state index in [1.165, 1.54) is 38.6 Å². The maximum atomic E-state index is 9.63. The molecule has 0 spiro atoms. The van der Waals surface area contributed by atoms with E-state index >= 15 is 0 Å². The molecule has 20 heavy (non-hydrogen) atoms. The molecule has 1 saturated heterocycles. The topological polar surface area (TPSA) is 42.3 Å². The second kappa shape index (κ2) is 5.63. The Morgan fingerprint density at radius 3 is 2.75 bits per heavy atom. The molecule has 4 nitrogen and oxygen atoms in total. The van der Waals surface area contributed by atoms with Crippen LogP contribution in [0.25, 0.3) is 0 Å². The minimum atomic E-state index is -0.225. The quantitative estimate of drug-likeness (QED) is 0.828. The van der Waals surface area contributed by atoms with Crippen LogP contribution in [-0.4, -0.2) is 60.6 Å². The number of nitrogens with one attached hydrogen (secondary N) is 1. The van der Waals surface area contributed by atoms with Gasteiger partial charge in [-0.25, -0.2) is 0 Å². The van der Waals surface area contributed by atoms with Crippen molar-refractivity contribution >= 4 is 0 Å². The predicted octanol–water partition coefficient (Wildman–Crippen LogP) is 1.58. The molecule has 0 aromatic rings. The molecule has 0 bridgehead atoms. The minimum Gasteiger partial charge on any atom is -0.308 e. The maximum absolute atomic E-state index is 9.63. The molecule has 0 aromatic carbocycles. The van der Waals surface area contributed by atoms with Crippen LogP contribution < -0.4 is 5.32 Å². The minimum absolute atomic E-state index is 0.225. The van der Waals surface area contributed by atoms with Gasteiger partial charge in [-0.1, -0.05) is 0 Å². The maximum Gasteiger partial charge on any atom is 0.108 e. The summed E-state index contributed by atoms with van der Waals surface area (Å²) in [6.07, 6.45) is 8.44. The zero-order chi connectivity index (χ0) is 14.2. The second-order valence-corrected chi connectivity index (χ2v) is 7.31. The van der Waals surface area contributed by atoms with Gasteiger partial charge < -0.3 is 4.90 Å². The Morgan fingerprint density at radius 2 is 2.10 bits per heavy atom. The molecular formula is C16H28N4. The van der Waals surface area contributed by atoms with E-state index in [9.17, 15) is 5.26 Å². The molecule has 2 aliphatic carbocycles. The Balaban J connectivity index is 1.62. The van der Waals surface area contributed by atoms with Gasteiger partial charge in [0.1, 0.15) is 5.54 Å². The lowest BCUT2D eigenvalue weighted by Gasteiger charge is -2.33. The number of nitriles is 1. The van der Waals surface area contributed by atoms with Crippen LogP contribution in [0.4, 0.5) is 0 Å². The molecule has 3 rings (SSSR count). The van der Waals surface area contributed by atoms with Crippen molar-refractivity contribution < 1.29 is 0 Å². The van der Waals surface area contributed by atoms with E-state index in [2.05, 4.69) is 35.3 Å². The first-order valence-corrected chi connectivity index (χ1v) is 8.21. The van der Waals surface area contributed by atoms with Crippen molar-refractivity contribution in [2.24, 2.45) is 0 Å². The fourth-order valence-corrected chi connectivity index (χ4v) is 4.14. The monoisotopic (exact) mass is 276 g/mol. The van der Waals surface area contributed by atoms with Crippen molar-refractivity contribution in [1.82, 2.24) is 15.1 Å². The Morgan fingerprint density at radius 1 is 1.30 bits per heavy atom. The number of hydrogen-bond acceptors (Lipinski definition) is 4. The molecule has 0 radical (unpaired) electrons. The molecule has 4 heteroatoms. The lowest BCUT2D eigenvalue weighted by atomic mass is 9.99. The zero-order valence-corrected chi connectivity index (χ0v) is 12.9. The molecule has 1 heterocycles. The third kappa shape index (κ3) is 3.00. The van der Waals surface area contributed by atoms with Gasteiger partial charge in [-0.05, 0) is 65.6 Å². The average molecular weight is 276 g/mol. The van der Waals surface area contributed by atoms with Crippen LogP contribution >= 0.6 is 0 Å². The summed E-state index contributed by atoms with van der Waals surface area (Å²) < 4.78 is 0. The summed E-state index contributed by atoms with van der Waals surface area (Å²) in [7, 11) is 4.33. The average Bonchev–Trinajstić information content (AvgIpc) is 2.93. The highest BCUT2D eigenvalue weighted by Gasteiger charge is 2.46. The SMILES string of the molecule is CN(C)CC1CCCN1C1CCC(C#N)(NC2CC2)C1. The summed E-state index contributed by atoms with van der Waals surface area (Å²) in [4.78, 5) is 5.01. The van der Waals surface area contributed by atoms with E-state index in [0.29, 0.717) is 18.1 Å². The predicted molar refractivity (Wildman–Crippen MR) is 80.4 cm³/mol. The van der Waals surface area contributed by atoms with E-state index in [1.807, 2.05) is 0 Å². The van der Waals surface area contributed by atoms with Crippen molar-refractivity contribution in [3.05, 3.63) is 0 Å². The number of hydrogen-bond donors (Lipinski definition) is 1. The van der Waals surface area contributed by atoms with Crippen molar-refractivity contribution in [2.45, 2.75) is 68.6 Å². The smallest absolute Gasteiger partial charge is 0.108 e. The van der Waals surface area contributed by atoms with E-state index in [1.54, 1.807) is 0 Å². The third-order valence-electron chi connectivity index (χ3n) is 5.23. The van der Waals surface area contributed by atoms with Crippen molar-refractivity contribution in [2.75, 3.05) is 27.2 Å². The largest absolute Gasteiger partial charge is 0.308 e. The molecule has 0 aromatic heterocycles. The Bertz CT molecular complexity index is 384. The summed E-state index contributed by atoms with van der Waals surface area (Å²) in [5.74, 6) is 0. The number of likely N-dealkylation sites (N-methyl/N-ethyl adjacent to an activating group) is 1. The van der Waals surface area contributed by atoms with E-state index in [4.69, 9.17) is 0 Å². The van der Waals surface area contributed by atoms with Gasteiger partial charge in [-0.2, -0.15) is 5.26 Å². The first-order chi connectivity index (χ1) is 9.62. The molecular weight excluding hydrogens is 248 g/mol. The van der Waals surface area contributed by atoms with E-state index < -0.39 is 0 Å². The molecule has 3 atom stereocenters. The normalized spacial score (nSPS) is 38.5. The molecule has 3 fully saturated rings. The van der Waals surface area contributed by atoms with Crippen molar-refractivity contribution in [1.29, 1.82) is 5.26 Å². The van der Waals surface area contributed by atoms with Crippen LogP contribution in [0.5, 0.6) is 0 Å². The number of nitrogens with zero attached hydrogens (tertiary/aromatic N) is 3. The summed E-state index contributed by atoms with van der Waals surface area (Å²) in [6, 6.07) is 4.56. The first-order valence-electron chi connectivity index (χ1n) is 8.21. The van der Waals surface area contributed by atoms with Gasteiger partial charge in [-0.3, -0.25) is 10.2 Å². The summed E-state index contributed by atoms with van der Waals surface area (Å²) in [6.45, 7) is 2.39. The highest BCUT2D eigenvalue weighted by atomic mass is 15.3. The summed E-state index contributed by atoms with van der Waals surface area (Å²) >= 11 is 0. The lowest BCUT2D eigenvalue weighted by molar-refractivity contribution is 0.150. The Kier molecular flexibility index (Phi) is 4.03. The van der Waals surface area contributed by atoms with Crippen LogP contribution in [0.15, 0.2) is 0 Å². The standard InChI is InChI=1S/C16H28N4/c1-19(2)11-15-4-3-9-20(15)14-7-8-16(10-14,12-17)18-13-5-6-13/h13-15,18H,3-11H2,1-2H3. The van der Waals surface area contributed by atoms with E-state index in [-0.39, 0.29) is 5.54 Å². The van der Waals surface area contributed by atoms with Crippen molar-refractivity contribution in [3.8, 4) is 6.07 Å². The fourth-order valence-electron chi connectivity index (χ4n) is 4.14. The highest BCUT2D eigenvalue weighted by Crippen LogP contribution is 2.38. The molecule has 3 unspecified atom stereocenters. The van der Waals surface area contributed by atoms with Crippen LogP contribution in [0, 0.1) is 11.3 Å². The van der Waals surface area contributed by atoms with Crippen LogP contribution in [0.2, 0.25) is 0 Å². The Hall–Kier alpha value is -0.630. The molecule has 2 saturated carbocycles. The molecule has 1 N–H and O–H groups in total. The number of rotatable bonds is 5. The molecule has 3 aliphatic rings. The van der Waals surface area contributed by atoms with Gasteiger partial charge in [0.05, 0.1) is 6.07 Å². The third-order valence-corrected chi connectivity index (χ3v) is 5.23. The summed E-state index contributed by atoms with van der Waals surface area (Å²) in [5, 5.41) is 13.3. The van der Waals surface area contributed by atoms with Gasteiger partial charge in [0.25, 0.3) is 0 Å². The zero-order valence-electron chi connectivity index (χ0n) is 12.9. The lowest BCUT2D eigenvalue weighted by Crippen LogP contribution is -2.47. The fraction of sp³-hybridized carbons (Fsp3) is 0.938. The Labute approximate surface area is 123 Å². The first kappa shape index (κ1) is 14.3. The van der Waals surface area contributed by atoms with Gasteiger partial charge in [0.15, 0.2) is 0 Å². The van der Waals surface area contributed by atoms with Gasteiger partial charge in [0.2, 0.25) is 0 Å². The van der Waals surface area contributed by atoms with Gasteiger partial charge in [0, 0.05) is 24.7 Å². The summed E-state index contributed by atoms with van der Waals surface area (Å²) in [5.41, 5.74) is -0.225. The van der Waals surface area contributed by atoms with Gasteiger partial charge in [-0.15, -0.1) is 0 Å². The molecule has 112 valence electrons. The van der Waals surface area contributed by atoms with Crippen LogP contribution in [-0.2, 0) is 0 Å².